The Hall–Kier alpha value is -0.900. The number of hydrogen-bond acceptors (Lipinski definition) is 4. The van der Waals surface area contributed by atoms with Crippen molar-refractivity contribution in [2.45, 2.75) is 40.5 Å². The van der Waals surface area contributed by atoms with E-state index in [1.807, 2.05) is 0 Å². The molecule has 1 aliphatic heterocycles. The van der Waals surface area contributed by atoms with E-state index in [1.165, 1.54) is 12.8 Å². The summed E-state index contributed by atoms with van der Waals surface area (Å²) in [5, 5.41) is 0. The van der Waals surface area contributed by atoms with E-state index in [0.29, 0.717) is 0 Å². The second kappa shape index (κ2) is 8.28. The summed E-state index contributed by atoms with van der Waals surface area (Å²) in [4.78, 5) is 21.6. The predicted octanol–water partition coefficient (Wildman–Crippen LogP) is 2.17. The molecule has 0 saturated carbocycles. The van der Waals surface area contributed by atoms with Crippen molar-refractivity contribution in [3.8, 4) is 0 Å². The number of carbonyl (C=O) groups is 2. The smallest absolute Gasteiger partial charge is 0.316 e. The zero-order valence-electron chi connectivity index (χ0n) is 10.6. The van der Waals surface area contributed by atoms with E-state index < -0.39 is 11.9 Å². The van der Waals surface area contributed by atoms with Gasteiger partial charge in [0.15, 0.2) is 0 Å². The first kappa shape index (κ1) is 15.1. The third-order valence-corrected chi connectivity index (χ3v) is 1.97. The quantitative estimate of drug-likeness (QED) is 0.539. The van der Waals surface area contributed by atoms with Crippen molar-refractivity contribution in [1.82, 2.24) is 0 Å². The fourth-order valence-corrected chi connectivity index (χ4v) is 0.845. The fraction of sp³-hybridized carbons (Fsp3) is 0.833. The Morgan fingerprint density at radius 1 is 0.938 bits per heavy atom. The molecule has 1 fully saturated rings. The number of rotatable bonds is 2. The molecule has 1 saturated heterocycles. The SMILES string of the molecule is C1CCOC1.CC(C)C(=O)OC(=O)C(C)C. The van der Waals surface area contributed by atoms with Crippen LogP contribution in [0.3, 0.4) is 0 Å². The maximum atomic E-state index is 10.8. The van der Waals surface area contributed by atoms with Crippen LogP contribution in [0.25, 0.3) is 0 Å². The lowest BCUT2D eigenvalue weighted by atomic mass is 10.2. The van der Waals surface area contributed by atoms with E-state index in [9.17, 15) is 9.59 Å². The van der Waals surface area contributed by atoms with Gasteiger partial charge in [-0.3, -0.25) is 9.59 Å². The fourth-order valence-electron chi connectivity index (χ4n) is 0.845. The van der Waals surface area contributed by atoms with Crippen molar-refractivity contribution in [2.75, 3.05) is 13.2 Å². The van der Waals surface area contributed by atoms with E-state index >= 15 is 0 Å². The van der Waals surface area contributed by atoms with Crippen LogP contribution in [0.4, 0.5) is 0 Å². The first-order valence-electron chi connectivity index (χ1n) is 5.78. The van der Waals surface area contributed by atoms with Crippen LogP contribution in [0.15, 0.2) is 0 Å². The van der Waals surface area contributed by atoms with Crippen LogP contribution >= 0.6 is 0 Å². The summed E-state index contributed by atoms with van der Waals surface area (Å²) in [6.45, 7) is 8.76. The molecule has 0 spiro atoms. The van der Waals surface area contributed by atoms with Gasteiger partial charge in [0.2, 0.25) is 0 Å². The third kappa shape index (κ3) is 7.40. The lowest BCUT2D eigenvalue weighted by molar-refractivity contribution is -0.164. The molecule has 4 heteroatoms. The molecule has 94 valence electrons. The van der Waals surface area contributed by atoms with Crippen LogP contribution in [-0.2, 0) is 19.1 Å². The van der Waals surface area contributed by atoms with E-state index in [1.54, 1.807) is 27.7 Å². The van der Waals surface area contributed by atoms with E-state index in [4.69, 9.17) is 4.74 Å². The van der Waals surface area contributed by atoms with Gasteiger partial charge in [-0.1, -0.05) is 27.7 Å². The van der Waals surface area contributed by atoms with Crippen molar-refractivity contribution in [3.05, 3.63) is 0 Å². The summed E-state index contributed by atoms with van der Waals surface area (Å²) >= 11 is 0. The molecule has 0 amide bonds. The zero-order valence-corrected chi connectivity index (χ0v) is 10.6. The third-order valence-electron chi connectivity index (χ3n) is 1.97. The molecule has 1 aliphatic rings. The average Bonchev–Trinajstić information content (AvgIpc) is 2.74. The highest BCUT2D eigenvalue weighted by molar-refractivity contribution is 5.87. The topological polar surface area (TPSA) is 52.6 Å². The van der Waals surface area contributed by atoms with E-state index in [0.717, 1.165) is 13.2 Å². The Labute approximate surface area is 97.3 Å². The minimum atomic E-state index is -0.455. The minimum Gasteiger partial charge on any atom is -0.393 e. The molecular weight excluding hydrogens is 208 g/mol. The summed E-state index contributed by atoms with van der Waals surface area (Å²) in [5.41, 5.74) is 0. The van der Waals surface area contributed by atoms with Gasteiger partial charge in [-0.05, 0) is 12.8 Å². The molecule has 0 unspecified atom stereocenters. The molecule has 1 rings (SSSR count). The largest absolute Gasteiger partial charge is 0.393 e. The van der Waals surface area contributed by atoms with Gasteiger partial charge in [-0.25, -0.2) is 0 Å². The van der Waals surface area contributed by atoms with Crippen molar-refractivity contribution >= 4 is 11.9 Å². The van der Waals surface area contributed by atoms with Gasteiger partial charge in [0.1, 0.15) is 0 Å². The highest BCUT2D eigenvalue weighted by Crippen LogP contribution is 2.01. The highest BCUT2D eigenvalue weighted by Gasteiger charge is 2.16. The summed E-state index contributed by atoms with van der Waals surface area (Å²) < 4.78 is 9.44. The van der Waals surface area contributed by atoms with Crippen molar-refractivity contribution in [2.24, 2.45) is 11.8 Å². The molecule has 0 radical (unpaired) electrons. The monoisotopic (exact) mass is 230 g/mol. The molecule has 0 bridgehead atoms. The molecule has 1 heterocycles. The molecule has 0 aliphatic carbocycles. The van der Waals surface area contributed by atoms with Crippen molar-refractivity contribution in [1.29, 1.82) is 0 Å². The molecule has 0 aromatic heterocycles. The van der Waals surface area contributed by atoms with Crippen molar-refractivity contribution < 1.29 is 19.1 Å². The van der Waals surface area contributed by atoms with Crippen LogP contribution in [0.5, 0.6) is 0 Å². The normalized spacial score (nSPS) is 14.6. The molecule has 0 N–H and O–H groups in total. The Morgan fingerprint density at radius 3 is 1.50 bits per heavy atom. The second-order valence-electron chi connectivity index (χ2n) is 4.37. The second-order valence-corrected chi connectivity index (χ2v) is 4.37. The average molecular weight is 230 g/mol. The Kier molecular flexibility index (Phi) is 7.81. The van der Waals surface area contributed by atoms with Gasteiger partial charge in [0.05, 0.1) is 11.8 Å². The summed E-state index contributed by atoms with van der Waals surface area (Å²) in [6.07, 6.45) is 2.56. The van der Waals surface area contributed by atoms with Gasteiger partial charge in [0.25, 0.3) is 0 Å². The van der Waals surface area contributed by atoms with Crippen LogP contribution < -0.4 is 0 Å². The Morgan fingerprint density at radius 2 is 1.31 bits per heavy atom. The first-order valence-corrected chi connectivity index (χ1v) is 5.78. The van der Waals surface area contributed by atoms with Gasteiger partial charge >= 0.3 is 11.9 Å². The number of carbonyl (C=O) groups excluding carboxylic acids is 2. The standard InChI is InChI=1S/C8H14O3.C4H8O/c1-5(2)7(9)11-8(10)6(3)4;1-2-4-5-3-1/h5-6H,1-4H3;1-4H2. The maximum absolute atomic E-state index is 10.8. The summed E-state index contributed by atoms with van der Waals surface area (Å²) in [7, 11) is 0. The van der Waals surface area contributed by atoms with Gasteiger partial charge in [-0.2, -0.15) is 0 Å². The predicted molar refractivity (Wildman–Crippen MR) is 60.8 cm³/mol. The molecule has 0 aromatic rings. The number of ether oxygens (including phenoxy) is 2. The van der Waals surface area contributed by atoms with Crippen LogP contribution in [-0.4, -0.2) is 25.2 Å². The molecule has 4 nitrogen and oxygen atoms in total. The van der Waals surface area contributed by atoms with Crippen LogP contribution in [0, 0.1) is 11.8 Å². The van der Waals surface area contributed by atoms with Crippen molar-refractivity contribution in [3.63, 3.8) is 0 Å². The molecular formula is C12H22O4. The number of hydrogen-bond donors (Lipinski definition) is 0. The van der Waals surface area contributed by atoms with Gasteiger partial charge in [-0.15, -0.1) is 0 Å². The zero-order chi connectivity index (χ0) is 12.6. The van der Waals surface area contributed by atoms with Crippen LogP contribution in [0.2, 0.25) is 0 Å². The lowest BCUT2D eigenvalue weighted by Gasteiger charge is -2.06. The maximum Gasteiger partial charge on any atom is 0.316 e. The van der Waals surface area contributed by atoms with Gasteiger partial charge < -0.3 is 9.47 Å². The van der Waals surface area contributed by atoms with Gasteiger partial charge in [0, 0.05) is 13.2 Å². The summed E-state index contributed by atoms with van der Waals surface area (Å²) in [5.74, 6) is -1.39. The Bertz CT molecular complexity index is 191. The lowest BCUT2D eigenvalue weighted by Crippen LogP contribution is -2.20. The first-order chi connectivity index (χ1) is 7.45. The number of esters is 2. The van der Waals surface area contributed by atoms with E-state index in [-0.39, 0.29) is 11.8 Å². The molecule has 0 atom stereocenters. The highest BCUT2D eigenvalue weighted by atomic mass is 16.6. The minimum absolute atomic E-state index is 0.238. The Balaban J connectivity index is 0.000000368. The molecule has 0 aromatic carbocycles. The van der Waals surface area contributed by atoms with E-state index in [2.05, 4.69) is 4.74 Å². The van der Waals surface area contributed by atoms with Crippen LogP contribution in [0.1, 0.15) is 40.5 Å². The molecule has 16 heavy (non-hydrogen) atoms. The summed E-state index contributed by atoms with van der Waals surface area (Å²) in [6, 6.07) is 0.